The third-order valence-electron chi connectivity index (χ3n) is 4.01. The summed E-state index contributed by atoms with van der Waals surface area (Å²) in [6, 6.07) is 13.2. The molecule has 1 amide bonds. The van der Waals surface area contributed by atoms with Crippen LogP contribution >= 0.6 is 0 Å². The van der Waals surface area contributed by atoms with Crippen LogP contribution in [0.25, 0.3) is 11.2 Å². The Bertz CT molecular complexity index is 831. The highest BCUT2D eigenvalue weighted by Gasteiger charge is 2.27. The first kappa shape index (κ1) is 13.9. The molecule has 3 heterocycles. The van der Waals surface area contributed by atoms with Crippen molar-refractivity contribution in [3.63, 3.8) is 0 Å². The van der Waals surface area contributed by atoms with Crippen LogP contribution < -0.4 is 0 Å². The molecule has 1 atom stereocenters. The molecule has 4 rings (SSSR count). The van der Waals surface area contributed by atoms with Crippen molar-refractivity contribution in [3.8, 4) is 0 Å². The van der Waals surface area contributed by atoms with E-state index in [0.29, 0.717) is 30.9 Å². The van der Waals surface area contributed by atoms with Gasteiger partial charge in [0.05, 0.1) is 30.7 Å². The first-order valence-corrected chi connectivity index (χ1v) is 7.57. The van der Waals surface area contributed by atoms with E-state index in [0.717, 1.165) is 11.2 Å². The number of morpholine rings is 1. The molecule has 1 unspecified atom stereocenters. The number of aromatic nitrogens is 3. The Morgan fingerprint density at radius 2 is 2.09 bits per heavy atom. The number of H-pyrrole nitrogens is 1. The summed E-state index contributed by atoms with van der Waals surface area (Å²) in [4.78, 5) is 26.1. The second-order valence-corrected chi connectivity index (χ2v) is 5.49. The second kappa shape index (κ2) is 5.81. The zero-order valence-electron chi connectivity index (χ0n) is 12.5. The summed E-state index contributed by atoms with van der Waals surface area (Å²) in [5.74, 6) is 0.0275. The van der Waals surface area contributed by atoms with E-state index in [-0.39, 0.29) is 12.0 Å². The van der Waals surface area contributed by atoms with Crippen molar-refractivity contribution in [2.45, 2.75) is 6.10 Å². The normalized spacial score (nSPS) is 18.3. The molecule has 1 fully saturated rings. The minimum Gasteiger partial charge on any atom is -0.368 e. The van der Waals surface area contributed by atoms with Gasteiger partial charge in [0.2, 0.25) is 0 Å². The molecule has 116 valence electrons. The molecule has 0 aliphatic carbocycles. The second-order valence-electron chi connectivity index (χ2n) is 5.49. The Labute approximate surface area is 133 Å². The molecule has 1 saturated heterocycles. The van der Waals surface area contributed by atoms with E-state index in [4.69, 9.17) is 4.74 Å². The first-order chi connectivity index (χ1) is 11.3. The Kier molecular flexibility index (Phi) is 3.51. The molecule has 1 aliphatic rings. The van der Waals surface area contributed by atoms with Gasteiger partial charge in [-0.25, -0.2) is 9.97 Å². The zero-order valence-corrected chi connectivity index (χ0v) is 12.5. The van der Waals surface area contributed by atoms with E-state index in [2.05, 4.69) is 15.0 Å². The Hall–Kier alpha value is -2.73. The van der Waals surface area contributed by atoms with E-state index in [1.807, 2.05) is 47.4 Å². The van der Waals surface area contributed by atoms with Gasteiger partial charge in [-0.05, 0) is 24.3 Å². The fraction of sp³-hybridized carbons (Fsp3) is 0.235. The fourth-order valence-corrected chi connectivity index (χ4v) is 2.79. The highest BCUT2D eigenvalue weighted by Crippen LogP contribution is 2.23. The maximum atomic E-state index is 12.6. The summed E-state index contributed by atoms with van der Waals surface area (Å²) in [6.07, 6.45) is 1.39. The molecule has 0 bridgehead atoms. The number of nitrogens with one attached hydrogen (secondary N) is 1. The van der Waals surface area contributed by atoms with Crippen molar-refractivity contribution >= 4 is 17.1 Å². The number of benzene rings is 1. The number of carbonyl (C=O) groups is 1. The van der Waals surface area contributed by atoms with Crippen molar-refractivity contribution in [1.29, 1.82) is 0 Å². The zero-order chi connectivity index (χ0) is 15.6. The van der Waals surface area contributed by atoms with Gasteiger partial charge in [0, 0.05) is 12.1 Å². The minimum atomic E-state index is -0.225. The van der Waals surface area contributed by atoms with E-state index in [1.165, 1.54) is 0 Å². The number of fused-ring (bicyclic) bond motifs is 1. The first-order valence-electron chi connectivity index (χ1n) is 7.57. The molecular weight excluding hydrogens is 292 g/mol. The Morgan fingerprint density at radius 3 is 2.96 bits per heavy atom. The van der Waals surface area contributed by atoms with Gasteiger partial charge in [-0.2, -0.15) is 0 Å². The van der Waals surface area contributed by atoms with Gasteiger partial charge in [0.25, 0.3) is 5.91 Å². The molecule has 2 aromatic heterocycles. The summed E-state index contributed by atoms with van der Waals surface area (Å²) in [7, 11) is 0. The lowest BCUT2D eigenvalue weighted by atomic mass is 10.1. The number of imidazole rings is 1. The summed E-state index contributed by atoms with van der Waals surface area (Å²) >= 11 is 0. The molecule has 0 spiro atoms. The number of hydrogen-bond donors (Lipinski definition) is 1. The monoisotopic (exact) mass is 308 g/mol. The van der Waals surface area contributed by atoms with Crippen molar-refractivity contribution in [2.24, 2.45) is 0 Å². The average molecular weight is 308 g/mol. The van der Waals surface area contributed by atoms with Crippen LogP contribution in [0.3, 0.4) is 0 Å². The van der Waals surface area contributed by atoms with Crippen LogP contribution in [0.5, 0.6) is 0 Å². The lowest BCUT2D eigenvalue weighted by Crippen LogP contribution is -2.42. The van der Waals surface area contributed by atoms with Gasteiger partial charge < -0.3 is 14.6 Å². The van der Waals surface area contributed by atoms with Crippen LogP contribution in [0.2, 0.25) is 0 Å². The molecule has 3 aromatic rings. The van der Waals surface area contributed by atoms with Crippen molar-refractivity contribution in [2.75, 3.05) is 19.7 Å². The van der Waals surface area contributed by atoms with Crippen LogP contribution in [0, 0.1) is 0 Å². The van der Waals surface area contributed by atoms with Gasteiger partial charge in [-0.1, -0.05) is 18.2 Å². The SMILES string of the molecule is O=C(c1ccccc1)N1CCOC(c2ccc3[nH]cnc3n2)C1. The van der Waals surface area contributed by atoms with Crippen LogP contribution in [0.4, 0.5) is 0 Å². The lowest BCUT2D eigenvalue weighted by Gasteiger charge is -2.32. The van der Waals surface area contributed by atoms with Crippen LogP contribution in [0.15, 0.2) is 48.8 Å². The maximum absolute atomic E-state index is 12.6. The Morgan fingerprint density at radius 1 is 1.22 bits per heavy atom. The summed E-state index contributed by atoms with van der Waals surface area (Å²) in [5.41, 5.74) is 3.05. The van der Waals surface area contributed by atoms with Crippen molar-refractivity contribution in [1.82, 2.24) is 19.9 Å². The number of rotatable bonds is 2. The van der Waals surface area contributed by atoms with Crippen LogP contribution in [-0.2, 0) is 4.74 Å². The largest absolute Gasteiger partial charge is 0.368 e. The number of aromatic amines is 1. The van der Waals surface area contributed by atoms with E-state index in [1.54, 1.807) is 6.33 Å². The number of nitrogens with zero attached hydrogens (tertiary/aromatic N) is 3. The molecule has 0 saturated carbocycles. The number of carbonyl (C=O) groups excluding carboxylic acids is 1. The maximum Gasteiger partial charge on any atom is 0.254 e. The molecular formula is C17H16N4O2. The molecule has 1 N–H and O–H groups in total. The molecule has 1 aromatic carbocycles. The number of hydrogen-bond acceptors (Lipinski definition) is 4. The molecule has 0 radical (unpaired) electrons. The third kappa shape index (κ3) is 2.68. The molecule has 6 heteroatoms. The van der Waals surface area contributed by atoms with Gasteiger partial charge in [0.1, 0.15) is 6.10 Å². The van der Waals surface area contributed by atoms with Crippen LogP contribution in [0.1, 0.15) is 22.2 Å². The van der Waals surface area contributed by atoms with E-state index >= 15 is 0 Å². The van der Waals surface area contributed by atoms with Gasteiger partial charge >= 0.3 is 0 Å². The van der Waals surface area contributed by atoms with E-state index in [9.17, 15) is 4.79 Å². The standard InChI is InChI=1S/C17H16N4O2/c22-17(12-4-2-1-3-5-12)21-8-9-23-15(10-21)13-6-7-14-16(20-13)19-11-18-14/h1-7,11,15H,8-10H2,(H,18,19,20). The minimum absolute atomic E-state index is 0.0275. The lowest BCUT2D eigenvalue weighted by molar-refractivity contribution is -0.0246. The van der Waals surface area contributed by atoms with Crippen LogP contribution in [-0.4, -0.2) is 45.5 Å². The quantitative estimate of drug-likeness (QED) is 0.787. The van der Waals surface area contributed by atoms with Crippen molar-refractivity contribution in [3.05, 3.63) is 60.0 Å². The smallest absolute Gasteiger partial charge is 0.254 e. The topological polar surface area (TPSA) is 71.1 Å². The summed E-state index contributed by atoms with van der Waals surface area (Å²) < 4.78 is 5.81. The van der Waals surface area contributed by atoms with Crippen molar-refractivity contribution < 1.29 is 9.53 Å². The third-order valence-corrected chi connectivity index (χ3v) is 4.01. The van der Waals surface area contributed by atoms with E-state index < -0.39 is 0 Å². The predicted molar refractivity (Wildman–Crippen MR) is 84.9 cm³/mol. The Balaban J connectivity index is 1.55. The number of amides is 1. The summed E-state index contributed by atoms with van der Waals surface area (Å²) in [6.45, 7) is 1.59. The highest BCUT2D eigenvalue weighted by molar-refractivity contribution is 5.94. The molecule has 23 heavy (non-hydrogen) atoms. The molecule has 6 nitrogen and oxygen atoms in total. The molecule has 1 aliphatic heterocycles. The van der Waals surface area contributed by atoms with Gasteiger partial charge in [0.15, 0.2) is 5.65 Å². The highest BCUT2D eigenvalue weighted by atomic mass is 16.5. The van der Waals surface area contributed by atoms with Gasteiger partial charge in [-0.15, -0.1) is 0 Å². The number of ether oxygens (including phenoxy) is 1. The summed E-state index contributed by atoms with van der Waals surface area (Å²) in [5, 5.41) is 0. The predicted octanol–water partition coefficient (Wildman–Crippen LogP) is 2.17. The fourth-order valence-electron chi connectivity index (χ4n) is 2.79. The average Bonchev–Trinajstić information content (AvgIpc) is 3.09. The van der Waals surface area contributed by atoms with Gasteiger partial charge in [-0.3, -0.25) is 4.79 Å². The number of pyridine rings is 1.